The molecular formula is C19H25N3O3. The van der Waals surface area contributed by atoms with Crippen LogP contribution >= 0.6 is 0 Å². The zero-order valence-electron chi connectivity index (χ0n) is 14.4. The lowest BCUT2D eigenvalue weighted by molar-refractivity contribution is -0.126. The SMILES string of the molecule is NC1CCCC(C(=O)NCCCCN2C(=O)c3ccccc3C2=O)C1. The van der Waals surface area contributed by atoms with Gasteiger partial charge in [0, 0.05) is 25.0 Å². The first kappa shape index (κ1) is 17.6. The molecule has 3 N–H and O–H groups in total. The Bertz CT molecular complexity index is 639. The van der Waals surface area contributed by atoms with E-state index in [0.29, 0.717) is 30.6 Å². The van der Waals surface area contributed by atoms with Crippen molar-refractivity contribution in [3.05, 3.63) is 35.4 Å². The second-order valence-corrected chi connectivity index (χ2v) is 6.93. The molecule has 1 aromatic carbocycles. The Hall–Kier alpha value is -2.21. The molecule has 6 heteroatoms. The average Bonchev–Trinajstić information content (AvgIpc) is 2.86. The molecule has 1 aromatic rings. The van der Waals surface area contributed by atoms with Crippen LogP contribution in [0.1, 0.15) is 59.2 Å². The number of nitrogens with two attached hydrogens (primary N) is 1. The minimum atomic E-state index is -0.221. The molecule has 134 valence electrons. The van der Waals surface area contributed by atoms with Gasteiger partial charge in [-0.05, 0) is 44.2 Å². The Morgan fingerprint density at radius 1 is 1.12 bits per heavy atom. The normalized spacial score (nSPS) is 22.8. The van der Waals surface area contributed by atoms with Crippen molar-refractivity contribution < 1.29 is 14.4 Å². The summed E-state index contributed by atoms with van der Waals surface area (Å²) in [5.41, 5.74) is 6.88. The third-order valence-electron chi connectivity index (χ3n) is 5.07. The summed E-state index contributed by atoms with van der Waals surface area (Å²) in [7, 11) is 0. The molecule has 2 aliphatic rings. The van der Waals surface area contributed by atoms with Crippen molar-refractivity contribution in [1.82, 2.24) is 10.2 Å². The summed E-state index contributed by atoms with van der Waals surface area (Å²) in [5, 5.41) is 2.96. The molecule has 0 spiro atoms. The largest absolute Gasteiger partial charge is 0.356 e. The molecule has 0 saturated heterocycles. The minimum absolute atomic E-state index is 0.0278. The van der Waals surface area contributed by atoms with Gasteiger partial charge in [0.15, 0.2) is 0 Å². The molecule has 1 aliphatic carbocycles. The number of amides is 3. The van der Waals surface area contributed by atoms with Gasteiger partial charge in [-0.2, -0.15) is 0 Å². The van der Waals surface area contributed by atoms with Crippen LogP contribution in [0.2, 0.25) is 0 Å². The maximum atomic E-state index is 12.2. The maximum absolute atomic E-state index is 12.2. The van der Waals surface area contributed by atoms with Crippen LogP contribution in [-0.2, 0) is 4.79 Å². The van der Waals surface area contributed by atoms with E-state index in [9.17, 15) is 14.4 Å². The fourth-order valence-corrected chi connectivity index (χ4v) is 3.66. The Morgan fingerprint density at radius 2 is 1.80 bits per heavy atom. The lowest BCUT2D eigenvalue weighted by atomic mass is 9.85. The Balaban J connectivity index is 1.39. The van der Waals surface area contributed by atoms with Crippen molar-refractivity contribution in [1.29, 1.82) is 0 Å². The average molecular weight is 343 g/mol. The van der Waals surface area contributed by atoms with Crippen molar-refractivity contribution in [2.45, 2.75) is 44.6 Å². The molecule has 25 heavy (non-hydrogen) atoms. The van der Waals surface area contributed by atoms with E-state index in [-0.39, 0.29) is 29.7 Å². The molecule has 2 atom stereocenters. The van der Waals surface area contributed by atoms with E-state index in [2.05, 4.69) is 5.32 Å². The third kappa shape index (κ3) is 3.90. The Kier molecular flexibility index (Phi) is 5.48. The van der Waals surface area contributed by atoms with Crippen LogP contribution in [0, 0.1) is 5.92 Å². The highest BCUT2D eigenvalue weighted by Crippen LogP contribution is 2.24. The summed E-state index contributed by atoms with van der Waals surface area (Å²) >= 11 is 0. The number of imide groups is 1. The summed E-state index contributed by atoms with van der Waals surface area (Å²) in [6.45, 7) is 0.949. The summed E-state index contributed by atoms with van der Waals surface area (Å²) in [6, 6.07) is 7.04. The van der Waals surface area contributed by atoms with Gasteiger partial charge in [0.2, 0.25) is 5.91 Å². The predicted molar refractivity (Wildman–Crippen MR) is 94.0 cm³/mol. The first-order valence-electron chi connectivity index (χ1n) is 9.06. The molecular weight excluding hydrogens is 318 g/mol. The van der Waals surface area contributed by atoms with E-state index >= 15 is 0 Å². The van der Waals surface area contributed by atoms with Gasteiger partial charge in [-0.1, -0.05) is 18.6 Å². The molecule has 3 amide bonds. The number of carbonyl (C=O) groups excluding carboxylic acids is 3. The van der Waals surface area contributed by atoms with Gasteiger partial charge in [0.1, 0.15) is 0 Å². The standard InChI is InChI=1S/C19H25N3O3/c20-14-7-5-6-13(12-14)17(23)21-10-3-4-11-22-18(24)15-8-1-2-9-16(15)19(22)25/h1-2,8-9,13-14H,3-7,10-12,20H2,(H,21,23). The van der Waals surface area contributed by atoms with Crippen LogP contribution in [0.4, 0.5) is 0 Å². The van der Waals surface area contributed by atoms with Crippen molar-refractivity contribution in [3.8, 4) is 0 Å². The first-order chi connectivity index (χ1) is 12.1. The van der Waals surface area contributed by atoms with Gasteiger partial charge in [-0.25, -0.2) is 0 Å². The van der Waals surface area contributed by atoms with E-state index in [1.807, 2.05) is 0 Å². The van der Waals surface area contributed by atoms with E-state index in [1.165, 1.54) is 4.90 Å². The summed E-state index contributed by atoms with van der Waals surface area (Å²) < 4.78 is 0. The van der Waals surface area contributed by atoms with Crippen LogP contribution in [-0.4, -0.2) is 41.8 Å². The number of benzene rings is 1. The lowest BCUT2D eigenvalue weighted by Gasteiger charge is -2.25. The van der Waals surface area contributed by atoms with Crippen molar-refractivity contribution in [3.63, 3.8) is 0 Å². The molecule has 1 aliphatic heterocycles. The predicted octanol–water partition coefficient (Wildman–Crippen LogP) is 1.70. The van der Waals surface area contributed by atoms with Gasteiger partial charge >= 0.3 is 0 Å². The van der Waals surface area contributed by atoms with Crippen LogP contribution < -0.4 is 11.1 Å². The van der Waals surface area contributed by atoms with Gasteiger partial charge in [-0.15, -0.1) is 0 Å². The van der Waals surface area contributed by atoms with Crippen molar-refractivity contribution in [2.75, 3.05) is 13.1 Å². The number of carbonyl (C=O) groups is 3. The van der Waals surface area contributed by atoms with Crippen LogP contribution in [0.3, 0.4) is 0 Å². The zero-order valence-corrected chi connectivity index (χ0v) is 14.4. The molecule has 1 fully saturated rings. The second kappa shape index (κ2) is 7.78. The van der Waals surface area contributed by atoms with Crippen LogP contribution in [0.25, 0.3) is 0 Å². The summed E-state index contributed by atoms with van der Waals surface area (Å²) in [5.74, 6) is -0.336. The van der Waals surface area contributed by atoms with E-state index in [4.69, 9.17) is 5.73 Å². The number of nitrogens with zero attached hydrogens (tertiary/aromatic N) is 1. The lowest BCUT2D eigenvalue weighted by Crippen LogP contribution is -2.38. The fourth-order valence-electron chi connectivity index (χ4n) is 3.66. The minimum Gasteiger partial charge on any atom is -0.356 e. The summed E-state index contributed by atoms with van der Waals surface area (Å²) in [6.07, 6.45) is 5.10. The van der Waals surface area contributed by atoms with Gasteiger partial charge in [0.25, 0.3) is 11.8 Å². The molecule has 0 radical (unpaired) electrons. The molecule has 0 bridgehead atoms. The molecule has 3 rings (SSSR count). The number of hydrogen-bond donors (Lipinski definition) is 2. The monoisotopic (exact) mass is 343 g/mol. The molecule has 0 aromatic heterocycles. The number of rotatable bonds is 6. The number of unbranched alkanes of at least 4 members (excludes halogenated alkanes) is 1. The Morgan fingerprint density at radius 3 is 2.44 bits per heavy atom. The fraction of sp³-hybridized carbons (Fsp3) is 0.526. The van der Waals surface area contributed by atoms with Crippen LogP contribution in [0.5, 0.6) is 0 Å². The van der Waals surface area contributed by atoms with Gasteiger partial charge in [0.05, 0.1) is 11.1 Å². The smallest absolute Gasteiger partial charge is 0.261 e. The number of fused-ring (bicyclic) bond motifs is 1. The summed E-state index contributed by atoms with van der Waals surface area (Å²) in [4.78, 5) is 37.9. The molecule has 6 nitrogen and oxygen atoms in total. The second-order valence-electron chi connectivity index (χ2n) is 6.93. The molecule has 2 unspecified atom stereocenters. The van der Waals surface area contributed by atoms with Gasteiger partial charge in [-0.3, -0.25) is 19.3 Å². The molecule has 1 saturated carbocycles. The van der Waals surface area contributed by atoms with Gasteiger partial charge < -0.3 is 11.1 Å². The van der Waals surface area contributed by atoms with E-state index in [1.54, 1.807) is 24.3 Å². The first-order valence-corrected chi connectivity index (χ1v) is 9.06. The van der Waals surface area contributed by atoms with Crippen molar-refractivity contribution >= 4 is 17.7 Å². The Labute approximate surface area is 147 Å². The maximum Gasteiger partial charge on any atom is 0.261 e. The van der Waals surface area contributed by atoms with Crippen LogP contribution in [0.15, 0.2) is 24.3 Å². The van der Waals surface area contributed by atoms with E-state index in [0.717, 1.165) is 32.1 Å². The highest BCUT2D eigenvalue weighted by Gasteiger charge is 2.34. The van der Waals surface area contributed by atoms with E-state index < -0.39 is 0 Å². The topological polar surface area (TPSA) is 92.5 Å². The quantitative estimate of drug-likeness (QED) is 0.607. The highest BCUT2D eigenvalue weighted by atomic mass is 16.2. The number of nitrogens with one attached hydrogen (secondary N) is 1. The highest BCUT2D eigenvalue weighted by molar-refractivity contribution is 6.21. The molecule has 1 heterocycles. The zero-order chi connectivity index (χ0) is 17.8. The third-order valence-corrected chi connectivity index (χ3v) is 5.07. The van der Waals surface area contributed by atoms with Crippen molar-refractivity contribution in [2.24, 2.45) is 11.7 Å². The number of hydrogen-bond acceptors (Lipinski definition) is 4.